The zero-order chi connectivity index (χ0) is 12.5. The molecule has 0 aliphatic carbocycles. The Morgan fingerprint density at radius 3 is 2.22 bits per heavy atom. The van der Waals surface area contributed by atoms with Crippen LogP contribution in [0.15, 0.2) is 50.0 Å². The van der Waals surface area contributed by atoms with Gasteiger partial charge in [-0.25, -0.2) is 0 Å². The van der Waals surface area contributed by atoms with Crippen LogP contribution in [0.1, 0.15) is 5.56 Å². The van der Waals surface area contributed by atoms with Crippen LogP contribution in [0.2, 0.25) is 0 Å². The maximum atomic E-state index is 5.83. The number of nitrogens with two attached hydrogens (primary N) is 2. The normalized spacial score (nSPS) is 10.9. The molecule has 92 valence electrons. The van der Waals surface area contributed by atoms with Gasteiger partial charge in [0.1, 0.15) is 5.76 Å². The van der Waals surface area contributed by atoms with Crippen molar-refractivity contribution in [1.29, 1.82) is 0 Å². The zero-order valence-corrected chi connectivity index (χ0v) is 9.55. The molecule has 0 aliphatic heterocycles. The van der Waals surface area contributed by atoms with Crippen LogP contribution in [0.5, 0.6) is 0 Å². The largest absolute Gasteiger partial charge is 0.464 e. The second-order valence-electron chi connectivity index (χ2n) is 3.81. The van der Waals surface area contributed by atoms with Crippen LogP contribution in [0, 0.1) is 0 Å². The van der Waals surface area contributed by atoms with E-state index in [1.54, 1.807) is 30.7 Å². The number of hydrogen-bond donors (Lipinski definition) is 2. The maximum Gasteiger partial charge on any atom is 0.196 e. The number of furan rings is 3. The van der Waals surface area contributed by atoms with Crippen LogP contribution in [0.25, 0.3) is 22.8 Å². The van der Waals surface area contributed by atoms with Crippen LogP contribution in [-0.4, -0.2) is 0 Å². The molecule has 3 rings (SSSR count). The molecule has 0 spiro atoms. The number of nitrogen functional groups attached to an aromatic ring is 1. The minimum absolute atomic E-state index is 0.270. The van der Waals surface area contributed by atoms with Gasteiger partial charge in [-0.05, 0) is 24.3 Å². The lowest BCUT2D eigenvalue weighted by Gasteiger charge is -1.99. The molecule has 3 aromatic rings. The van der Waals surface area contributed by atoms with E-state index in [0.29, 0.717) is 17.3 Å². The summed E-state index contributed by atoms with van der Waals surface area (Å²) in [5.41, 5.74) is 13.0. The van der Waals surface area contributed by atoms with Crippen molar-refractivity contribution in [2.45, 2.75) is 6.54 Å². The molecule has 0 saturated heterocycles. The molecule has 5 nitrogen and oxygen atoms in total. The van der Waals surface area contributed by atoms with E-state index in [9.17, 15) is 0 Å². The monoisotopic (exact) mass is 244 g/mol. The van der Waals surface area contributed by atoms with Gasteiger partial charge in [0.15, 0.2) is 17.4 Å². The van der Waals surface area contributed by atoms with Crippen molar-refractivity contribution in [3.05, 3.63) is 42.4 Å². The summed E-state index contributed by atoms with van der Waals surface area (Å²) in [6.45, 7) is 0.270. The van der Waals surface area contributed by atoms with Gasteiger partial charge in [-0.15, -0.1) is 0 Å². The highest BCUT2D eigenvalue weighted by Gasteiger charge is 2.23. The Morgan fingerprint density at radius 2 is 1.67 bits per heavy atom. The molecule has 0 atom stereocenters. The lowest BCUT2D eigenvalue weighted by molar-refractivity contribution is 0.531. The van der Waals surface area contributed by atoms with Gasteiger partial charge in [0.25, 0.3) is 0 Å². The third-order valence-corrected chi connectivity index (χ3v) is 2.75. The Labute approximate surface area is 103 Å². The molecule has 0 saturated carbocycles. The molecule has 0 fully saturated rings. The van der Waals surface area contributed by atoms with Gasteiger partial charge in [0.2, 0.25) is 0 Å². The van der Waals surface area contributed by atoms with E-state index in [1.165, 1.54) is 0 Å². The molecule has 0 radical (unpaired) electrons. The quantitative estimate of drug-likeness (QED) is 0.739. The van der Waals surface area contributed by atoms with Crippen molar-refractivity contribution in [2.75, 3.05) is 5.73 Å². The topological polar surface area (TPSA) is 91.5 Å². The number of rotatable bonds is 3. The first-order valence-corrected chi connectivity index (χ1v) is 5.50. The van der Waals surface area contributed by atoms with Gasteiger partial charge >= 0.3 is 0 Å². The van der Waals surface area contributed by atoms with E-state index in [2.05, 4.69) is 0 Å². The molecule has 18 heavy (non-hydrogen) atoms. The first kappa shape index (κ1) is 10.7. The van der Waals surface area contributed by atoms with Crippen molar-refractivity contribution in [3.63, 3.8) is 0 Å². The van der Waals surface area contributed by atoms with Gasteiger partial charge in [-0.2, -0.15) is 0 Å². The minimum atomic E-state index is 0.270. The average molecular weight is 244 g/mol. The van der Waals surface area contributed by atoms with E-state index < -0.39 is 0 Å². The van der Waals surface area contributed by atoms with Crippen molar-refractivity contribution >= 4 is 5.88 Å². The van der Waals surface area contributed by atoms with Crippen LogP contribution in [-0.2, 0) is 6.54 Å². The Balaban J connectivity index is 2.27. The minimum Gasteiger partial charge on any atom is -0.464 e. The van der Waals surface area contributed by atoms with Gasteiger partial charge < -0.3 is 24.7 Å². The van der Waals surface area contributed by atoms with Crippen LogP contribution < -0.4 is 11.5 Å². The molecule has 0 bridgehead atoms. The van der Waals surface area contributed by atoms with E-state index in [0.717, 1.165) is 11.1 Å². The predicted molar refractivity (Wildman–Crippen MR) is 66.4 cm³/mol. The van der Waals surface area contributed by atoms with Crippen LogP contribution >= 0.6 is 0 Å². The molecule has 3 heterocycles. The molecular weight excluding hydrogens is 232 g/mol. The second-order valence-corrected chi connectivity index (χ2v) is 3.81. The highest BCUT2D eigenvalue weighted by molar-refractivity contribution is 5.81. The average Bonchev–Trinajstić information content (AvgIpc) is 3.08. The fraction of sp³-hybridized carbons (Fsp3) is 0.0769. The first-order valence-electron chi connectivity index (χ1n) is 5.50. The lowest BCUT2D eigenvalue weighted by atomic mass is 10.1. The van der Waals surface area contributed by atoms with Crippen LogP contribution in [0.4, 0.5) is 5.88 Å². The molecule has 0 aliphatic rings. The summed E-state index contributed by atoms with van der Waals surface area (Å²) < 4.78 is 16.3. The summed E-state index contributed by atoms with van der Waals surface area (Å²) in [5, 5.41) is 0. The molecule has 0 unspecified atom stereocenters. The van der Waals surface area contributed by atoms with Gasteiger partial charge in [0.05, 0.1) is 18.1 Å². The Bertz CT molecular complexity index is 636. The summed E-state index contributed by atoms with van der Waals surface area (Å²) >= 11 is 0. The molecule has 0 aromatic carbocycles. The third-order valence-electron chi connectivity index (χ3n) is 2.75. The maximum absolute atomic E-state index is 5.83. The molecule has 3 aromatic heterocycles. The van der Waals surface area contributed by atoms with Crippen molar-refractivity contribution in [3.8, 4) is 22.8 Å². The summed E-state index contributed by atoms with van der Waals surface area (Å²) in [5.74, 6) is 2.07. The first-order chi connectivity index (χ1) is 8.81. The molecule has 4 N–H and O–H groups in total. The third kappa shape index (κ3) is 1.53. The molecule has 5 heteroatoms. The van der Waals surface area contributed by atoms with Crippen molar-refractivity contribution < 1.29 is 13.3 Å². The summed E-state index contributed by atoms with van der Waals surface area (Å²) in [4.78, 5) is 0. The van der Waals surface area contributed by atoms with Crippen molar-refractivity contribution in [1.82, 2.24) is 0 Å². The highest BCUT2D eigenvalue weighted by atomic mass is 16.4. The standard InChI is InChI=1S/C13H12N2O3/c14-7-8-11(9-3-1-5-16-9)12(18-13(8)15)10-4-2-6-17-10/h1-6H,7,14-15H2. The fourth-order valence-corrected chi connectivity index (χ4v) is 1.95. The summed E-state index contributed by atoms with van der Waals surface area (Å²) in [6.07, 6.45) is 3.16. The number of anilines is 1. The fourth-order valence-electron chi connectivity index (χ4n) is 1.95. The lowest BCUT2D eigenvalue weighted by Crippen LogP contribution is -1.99. The van der Waals surface area contributed by atoms with E-state index in [4.69, 9.17) is 24.7 Å². The molecular formula is C13H12N2O3. The smallest absolute Gasteiger partial charge is 0.196 e. The summed E-state index contributed by atoms with van der Waals surface area (Å²) in [6, 6.07) is 7.20. The van der Waals surface area contributed by atoms with E-state index in [-0.39, 0.29) is 12.4 Å². The SMILES string of the molecule is NCc1c(N)oc(-c2ccco2)c1-c1ccco1. The Morgan fingerprint density at radius 1 is 1.00 bits per heavy atom. The van der Waals surface area contributed by atoms with Gasteiger partial charge in [-0.1, -0.05) is 0 Å². The predicted octanol–water partition coefficient (Wildman–Crippen LogP) is 2.84. The highest BCUT2D eigenvalue weighted by Crippen LogP contribution is 2.40. The summed E-state index contributed by atoms with van der Waals surface area (Å²) in [7, 11) is 0. The zero-order valence-electron chi connectivity index (χ0n) is 9.55. The van der Waals surface area contributed by atoms with E-state index in [1.807, 2.05) is 6.07 Å². The number of hydrogen-bond acceptors (Lipinski definition) is 5. The van der Waals surface area contributed by atoms with Gasteiger partial charge in [0, 0.05) is 12.1 Å². The van der Waals surface area contributed by atoms with Crippen molar-refractivity contribution in [2.24, 2.45) is 5.73 Å². The second kappa shape index (κ2) is 4.12. The van der Waals surface area contributed by atoms with E-state index >= 15 is 0 Å². The molecule has 0 amide bonds. The Kier molecular flexibility index (Phi) is 2.46. The Hall–Kier alpha value is -2.40. The van der Waals surface area contributed by atoms with Crippen LogP contribution in [0.3, 0.4) is 0 Å². The van der Waals surface area contributed by atoms with Gasteiger partial charge in [-0.3, -0.25) is 0 Å².